The van der Waals surface area contributed by atoms with Gasteiger partial charge in [-0.1, -0.05) is 18.5 Å². The summed E-state index contributed by atoms with van der Waals surface area (Å²) in [4.78, 5) is 27.0. The molecule has 23 heavy (non-hydrogen) atoms. The van der Waals surface area contributed by atoms with Gasteiger partial charge in [0.25, 0.3) is 11.8 Å². The van der Waals surface area contributed by atoms with Gasteiger partial charge in [-0.3, -0.25) is 20.4 Å². The van der Waals surface area contributed by atoms with Crippen LogP contribution in [-0.4, -0.2) is 18.1 Å². The second-order valence-electron chi connectivity index (χ2n) is 4.82. The van der Waals surface area contributed by atoms with E-state index in [0.717, 1.165) is 21.8 Å². The van der Waals surface area contributed by atoms with E-state index in [9.17, 15) is 9.59 Å². The van der Waals surface area contributed by atoms with E-state index >= 15 is 0 Å². The smallest absolute Gasteiger partial charge is 0.267 e. The van der Waals surface area contributed by atoms with E-state index in [4.69, 9.17) is 11.6 Å². The van der Waals surface area contributed by atoms with Crippen molar-refractivity contribution >= 4 is 46.5 Å². The molecule has 0 spiro atoms. The van der Waals surface area contributed by atoms with Gasteiger partial charge in [0, 0.05) is 9.77 Å². The highest BCUT2D eigenvalue weighted by Gasteiger charge is 2.15. The van der Waals surface area contributed by atoms with Crippen molar-refractivity contribution in [2.45, 2.75) is 25.2 Å². The lowest BCUT2D eigenvalue weighted by Crippen LogP contribution is -2.41. The van der Waals surface area contributed by atoms with Crippen molar-refractivity contribution in [1.82, 2.24) is 10.9 Å². The molecule has 0 bridgehead atoms. The van der Waals surface area contributed by atoms with Gasteiger partial charge in [0.1, 0.15) is 0 Å². The molecular weight excluding hydrogens is 352 g/mol. The van der Waals surface area contributed by atoms with E-state index < -0.39 is 5.91 Å². The Kier molecular flexibility index (Phi) is 6.10. The highest BCUT2D eigenvalue weighted by atomic mass is 35.5. The molecule has 122 valence electrons. The van der Waals surface area contributed by atoms with Gasteiger partial charge in [-0.15, -0.1) is 23.1 Å². The second kappa shape index (κ2) is 7.86. The Bertz CT molecular complexity index is 744. The van der Waals surface area contributed by atoms with E-state index in [1.165, 1.54) is 23.1 Å². The Labute approximate surface area is 148 Å². The number of rotatable bonds is 4. The summed E-state index contributed by atoms with van der Waals surface area (Å²) in [5.41, 5.74) is 6.26. The third-order valence-corrected chi connectivity index (χ3v) is 5.71. The Balaban J connectivity index is 2.05. The summed E-state index contributed by atoms with van der Waals surface area (Å²) in [7, 11) is 0. The standard InChI is InChI=1S/C16H17ClN2O2S2/c1-4-13-9(2)7-14(23-13)16(21)19-18-15(20)11-8-10(22-3)5-6-12(11)17/h5-8H,4H2,1-3H3,(H,18,20)(H,19,21). The molecule has 0 fully saturated rings. The largest absolute Gasteiger partial charge is 0.279 e. The van der Waals surface area contributed by atoms with Crippen molar-refractivity contribution in [3.8, 4) is 0 Å². The van der Waals surface area contributed by atoms with Crippen LogP contribution < -0.4 is 10.9 Å². The molecule has 0 aliphatic carbocycles. The number of thioether (sulfide) groups is 1. The maximum absolute atomic E-state index is 12.2. The first kappa shape index (κ1) is 17.8. The molecule has 0 unspecified atom stereocenters. The fourth-order valence-corrected chi connectivity index (χ4v) is 3.68. The number of carbonyl (C=O) groups is 2. The van der Waals surface area contributed by atoms with Crippen molar-refractivity contribution in [1.29, 1.82) is 0 Å². The maximum atomic E-state index is 12.2. The van der Waals surface area contributed by atoms with E-state index in [2.05, 4.69) is 10.9 Å². The average molecular weight is 369 g/mol. The maximum Gasteiger partial charge on any atom is 0.279 e. The van der Waals surface area contributed by atoms with Crippen LogP contribution >= 0.6 is 34.7 Å². The van der Waals surface area contributed by atoms with Crippen LogP contribution in [0, 0.1) is 6.92 Å². The fraction of sp³-hybridized carbons (Fsp3) is 0.250. The highest BCUT2D eigenvalue weighted by molar-refractivity contribution is 7.98. The third kappa shape index (κ3) is 4.28. The molecule has 4 nitrogen and oxygen atoms in total. The number of halogens is 1. The van der Waals surface area contributed by atoms with Crippen molar-refractivity contribution in [2.24, 2.45) is 0 Å². The minimum atomic E-state index is -0.441. The third-order valence-electron chi connectivity index (χ3n) is 3.27. The molecule has 1 aromatic heterocycles. The van der Waals surface area contributed by atoms with Crippen LogP contribution in [0.1, 0.15) is 37.4 Å². The predicted octanol–water partition coefficient (Wildman–Crippen LogP) is 4.07. The lowest BCUT2D eigenvalue weighted by molar-refractivity contribution is 0.0849. The fourth-order valence-electron chi connectivity index (χ4n) is 2.03. The SMILES string of the molecule is CCc1sc(C(=O)NNC(=O)c2cc(SC)ccc2Cl)cc1C. The topological polar surface area (TPSA) is 58.2 Å². The molecule has 0 aliphatic rings. The zero-order chi connectivity index (χ0) is 17.0. The average Bonchev–Trinajstić information content (AvgIpc) is 2.93. The van der Waals surface area contributed by atoms with Crippen molar-refractivity contribution in [3.05, 3.63) is 50.2 Å². The first-order chi connectivity index (χ1) is 11.0. The summed E-state index contributed by atoms with van der Waals surface area (Å²) in [5, 5.41) is 0.342. The van der Waals surface area contributed by atoms with Crippen LogP contribution in [0.25, 0.3) is 0 Å². The zero-order valence-corrected chi connectivity index (χ0v) is 15.4. The number of benzene rings is 1. The first-order valence-electron chi connectivity index (χ1n) is 6.99. The highest BCUT2D eigenvalue weighted by Crippen LogP contribution is 2.23. The Morgan fingerprint density at radius 3 is 2.52 bits per heavy atom. The number of thiophene rings is 1. The molecule has 0 saturated carbocycles. The predicted molar refractivity (Wildman–Crippen MR) is 96.6 cm³/mol. The number of carbonyl (C=O) groups excluding carboxylic acids is 2. The molecule has 1 heterocycles. The molecule has 2 rings (SSSR count). The Morgan fingerprint density at radius 2 is 1.91 bits per heavy atom. The van der Waals surface area contributed by atoms with Gasteiger partial charge in [0.05, 0.1) is 15.5 Å². The second-order valence-corrected chi connectivity index (χ2v) is 7.25. The molecule has 0 atom stereocenters. The van der Waals surface area contributed by atoms with E-state index in [1.54, 1.807) is 12.1 Å². The number of nitrogens with one attached hydrogen (secondary N) is 2. The Hall–Kier alpha value is -1.50. The van der Waals surface area contributed by atoms with Gasteiger partial charge in [0.15, 0.2) is 0 Å². The van der Waals surface area contributed by atoms with Gasteiger partial charge < -0.3 is 0 Å². The summed E-state index contributed by atoms with van der Waals surface area (Å²) >= 11 is 8.99. The summed E-state index contributed by atoms with van der Waals surface area (Å²) in [6.45, 7) is 4.02. The van der Waals surface area contributed by atoms with Crippen LogP contribution in [0.2, 0.25) is 5.02 Å². The molecule has 1 aromatic carbocycles. The molecule has 0 radical (unpaired) electrons. The molecular formula is C16H17ClN2O2S2. The summed E-state index contributed by atoms with van der Waals surface area (Å²) in [6.07, 6.45) is 2.80. The van der Waals surface area contributed by atoms with Gasteiger partial charge >= 0.3 is 0 Å². The van der Waals surface area contributed by atoms with Crippen molar-refractivity contribution in [2.75, 3.05) is 6.26 Å². The van der Waals surface area contributed by atoms with E-state index in [1.807, 2.05) is 32.2 Å². The van der Waals surface area contributed by atoms with Gasteiger partial charge in [-0.05, 0) is 49.4 Å². The lowest BCUT2D eigenvalue weighted by Gasteiger charge is -2.08. The first-order valence-corrected chi connectivity index (χ1v) is 9.41. The molecule has 2 amide bonds. The van der Waals surface area contributed by atoms with Crippen molar-refractivity contribution in [3.63, 3.8) is 0 Å². The van der Waals surface area contributed by atoms with Gasteiger partial charge in [-0.2, -0.15) is 0 Å². The lowest BCUT2D eigenvalue weighted by atomic mass is 10.2. The number of hydrogen-bond acceptors (Lipinski definition) is 4. The zero-order valence-electron chi connectivity index (χ0n) is 13.0. The van der Waals surface area contributed by atoms with Crippen LogP contribution in [0.15, 0.2) is 29.2 Å². The monoisotopic (exact) mass is 368 g/mol. The summed E-state index contributed by atoms with van der Waals surface area (Å²) in [5.74, 6) is -0.772. The van der Waals surface area contributed by atoms with Crippen molar-refractivity contribution < 1.29 is 9.59 Å². The molecule has 2 aromatic rings. The number of amides is 2. The molecule has 2 N–H and O–H groups in total. The minimum Gasteiger partial charge on any atom is -0.267 e. The quantitative estimate of drug-likeness (QED) is 0.631. The van der Waals surface area contributed by atoms with E-state index in [0.29, 0.717) is 15.5 Å². The summed E-state index contributed by atoms with van der Waals surface area (Å²) < 4.78 is 0. The van der Waals surface area contributed by atoms with Gasteiger partial charge in [-0.25, -0.2) is 0 Å². The molecule has 7 heteroatoms. The molecule has 0 aliphatic heterocycles. The van der Waals surface area contributed by atoms with Crippen LogP contribution in [0.5, 0.6) is 0 Å². The van der Waals surface area contributed by atoms with Crippen LogP contribution in [0.4, 0.5) is 0 Å². The summed E-state index contributed by atoms with van der Waals surface area (Å²) in [6, 6.07) is 7.02. The minimum absolute atomic E-state index is 0.329. The van der Waals surface area contributed by atoms with Crippen LogP contribution in [-0.2, 0) is 6.42 Å². The van der Waals surface area contributed by atoms with E-state index in [-0.39, 0.29) is 5.91 Å². The Morgan fingerprint density at radius 1 is 1.22 bits per heavy atom. The van der Waals surface area contributed by atoms with Gasteiger partial charge in [0.2, 0.25) is 0 Å². The number of hydrazine groups is 1. The number of aryl methyl sites for hydroxylation is 2. The normalized spacial score (nSPS) is 10.4. The number of hydrogen-bond donors (Lipinski definition) is 2. The molecule has 0 saturated heterocycles. The van der Waals surface area contributed by atoms with Crippen LogP contribution in [0.3, 0.4) is 0 Å².